The van der Waals surface area contributed by atoms with Crippen LogP contribution < -0.4 is 14.9 Å². The number of benzene rings is 1. The fourth-order valence-corrected chi connectivity index (χ4v) is 7.06. The van der Waals surface area contributed by atoms with E-state index in [-0.39, 0.29) is 11.3 Å². The van der Waals surface area contributed by atoms with Crippen LogP contribution in [0.25, 0.3) is 0 Å². The molecule has 4 fully saturated rings. The third-order valence-corrected chi connectivity index (χ3v) is 8.07. The van der Waals surface area contributed by atoms with Crippen molar-refractivity contribution in [1.82, 2.24) is 5.43 Å². The van der Waals surface area contributed by atoms with Crippen LogP contribution >= 0.6 is 11.3 Å². The Balaban J connectivity index is 1.18. The average molecular weight is 453 g/mol. The van der Waals surface area contributed by atoms with Gasteiger partial charge in [0, 0.05) is 6.42 Å². The molecule has 1 N–H and O–H groups in total. The number of ether oxygens (including phenoxy) is 2. The summed E-state index contributed by atoms with van der Waals surface area (Å²) >= 11 is 1.32. The maximum atomic E-state index is 12.6. The van der Waals surface area contributed by atoms with Crippen molar-refractivity contribution in [3.8, 4) is 11.5 Å². The van der Waals surface area contributed by atoms with Crippen molar-refractivity contribution in [1.29, 1.82) is 0 Å². The zero-order valence-corrected chi connectivity index (χ0v) is 19.0. The third kappa shape index (κ3) is 4.44. The van der Waals surface area contributed by atoms with Gasteiger partial charge in [-0.15, -0.1) is 11.3 Å². The van der Waals surface area contributed by atoms with Crippen molar-refractivity contribution in [3.05, 3.63) is 46.2 Å². The Hall–Kier alpha value is -2.67. The molecule has 0 atom stereocenters. The van der Waals surface area contributed by atoms with Gasteiger partial charge in [0.05, 0.1) is 13.3 Å². The molecule has 6 rings (SSSR count). The second-order valence-corrected chi connectivity index (χ2v) is 10.6. The van der Waals surface area contributed by atoms with Gasteiger partial charge in [0.15, 0.2) is 11.5 Å². The minimum absolute atomic E-state index is 0.00309. The van der Waals surface area contributed by atoms with E-state index >= 15 is 0 Å². The van der Waals surface area contributed by atoms with Gasteiger partial charge in [-0.1, -0.05) is 6.07 Å². The molecule has 6 nitrogen and oxygen atoms in total. The monoisotopic (exact) mass is 452 g/mol. The normalized spacial score (nSPS) is 28.1. The van der Waals surface area contributed by atoms with Crippen molar-refractivity contribution >= 4 is 29.4 Å². The molecule has 4 aliphatic carbocycles. The average Bonchev–Trinajstić information content (AvgIpc) is 3.28. The highest BCUT2D eigenvalue weighted by Gasteiger charge is 2.51. The molecule has 1 aromatic heterocycles. The van der Waals surface area contributed by atoms with E-state index in [1.54, 1.807) is 36.5 Å². The van der Waals surface area contributed by atoms with Gasteiger partial charge in [-0.05, 0) is 96.9 Å². The lowest BCUT2D eigenvalue weighted by Gasteiger charge is -2.56. The topological polar surface area (TPSA) is 77.0 Å². The first-order valence-electron chi connectivity index (χ1n) is 11.3. The molecular weight excluding hydrogens is 424 g/mol. The number of amides is 1. The molecule has 7 heteroatoms. The standard InChI is InChI=1S/C25H28N2O4S/c1-30-21-10-16(4-5-20(21)31-24(29)22-3-2-6-32-22)15-26-27-23(28)14-25-11-17-7-18(12-25)9-19(8-17)13-25/h2-6,10,15,17-19H,7-9,11-14H2,1H3,(H,27,28). The summed E-state index contributed by atoms with van der Waals surface area (Å²) in [6.07, 6.45) is 9.91. The number of nitrogens with one attached hydrogen (secondary N) is 1. The van der Waals surface area contributed by atoms with E-state index in [0.717, 1.165) is 23.3 Å². The summed E-state index contributed by atoms with van der Waals surface area (Å²) in [5.74, 6) is 2.84. The van der Waals surface area contributed by atoms with Gasteiger partial charge in [0.1, 0.15) is 4.88 Å². The zero-order chi connectivity index (χ0) is 22.1. The minimum atomic E-state index is -0.420. The summed E-state index contributed by atoms with van der Waals surface area (Å²) in [4.78, 5) is 25.3. The van der Waals surface area contributed by atoms with Crippen molar-refractivity contribution in [2.24, 2.45) is 28.3 Å². The third-order valence-electron chi connectivity index (χ3n) is 7.22. The number of methoxy groups -OCH3 is 1. The molecule has 2 aromatic rings. The summed E-state index contributed by atoms with van der Waals surface area (Å²) in [5, 5.41) is 5.98. The van der Waals surface area contributed by atoms with Crippen molar-refractivity contribution < 1.29 is 19.1 Å². The summed E-state index contributed by atoms with van der Waals surface area (Å²) < 4.78 is 10.8. The number of rotatable bonds is 7. The number of nitrogens with zero attached hydrogens (tertiary/aromatic N) is 1. The summed E-state index contributed by atoms with van der Waals surface area (Å²) in [6.45, 7) is 0. The van der Waals surface area contributed by atoms with Crippen LogP contribution in [0.4, 0.5) is 0 Å². The van der Waals surface area contributed by atoms with Gasteiger partial charge in [-0.3, -0.25) is 4.79 Å². The predicted octanol–water partition coefficient (Wildman–Crippen LogP) is 5.03. The van der Waals surface area contributed by atoms with E-state index in [9.17, 15) is 9.59 Å². The molecule has 0 saturated heterocycles. The molecule has 4 aliphatic rings. The van der Waals surface area contributed by atoms with Gasteiger partial charge >= 0.3 is 5.97 Å². The molecule has 4 bridgehead atoms. The highest BCUT2D eigenvalue weighted by Crippen LogP contribution is 2.61. The number of hydrazone groups is 1. The number of thiophene rings is 1. The molecule has 1 amide bonds. The molecule has 4 saturated carbocycles. The fourth-order valence-electron chi connectivity index (χ4n) is 6.46. The second-order valence-electron chi connectivity index (χ2n) is 9.66. The highest BCUT2D eigenvalue weighted by molar-refractivity contribution is 7.12. The maximum absolute atomic E-state index is 12.6. The van der Waals surface area contributed by atoms with Crippen molar-refractivity contribution in [2.75, 3.05) is 7.11 Å². The summed E-state index contributed by atoms with van der Waals surface area (Å²) in [7, 11) is 1.52. The zero-order valence-electron chi connectivity index (χ0n) is 18.2. The van der Waals surface area contributed by atoms with Crippen LogP contribution in [0.2, 0.25) is 0 Å². The lowest BCUT2D eigenvalue weighted by Crippen LogP contribution is -2.47. The Morgan fingerprint density at radius 1 is 1.12 bits per heavy atom. The number of carbonyl (C=O) groups excluding carboxylic acids is 2. The van der Waals surface area contributed by atoms with E-state index < -0.39 is 5.97 Å². The van der Waals surface area contributed by atoms with Gasteiger partial charge < -0.3 is 9.47 Å². The molecule has 0 unspecified atom stereocenters. The minimum Gasteiger partial charge on any atom is -0.493 e. The Kier molecular flexibility index (Phi) is 5.76. The van der Waals surface area contributed by atoms with Crippen LogP contribution in [0.1, 0.15) is 60.2 Å². The first-order valence-corrected chi connectivity index (χ1v) is 12.2. The van der Waals surface area contributed by atoms with E-state index in [2.05, 4.69) is 10.5 Å². The Morgan fingerprint density at radius 3 is 2.47 bits per heavy atom. The second kappa shape index (κ2) is 8.70. The van der Waals surface area contributed by atoms with Crippen molar-refractivity contribution in [2.45, 2.75) is 44.9 Å². The quantitative estimate of drug-likeness (QED) is 0.277. The van der Waals surface area contributed by atoms with Gasteiger partial charge in [-0.2, -0.15) is 5.10 Å². The molecule has 1 aromatic carbocycles. The van der Waals surface area contributed by atoms with Crippen LogP contribution in [0.5, 0.6) is 11.5 Å². The van der Waals surface area contributed by atoms with E-state index in [1.165, 1.54) is 57.0 Å². The maximum Gasteiger partial charge on any atom is 0.353 e. The molecule has 0 spiro atoms. The van der Waals surface area contributed by atoms with Crippen LogP contribution in [0.15, 0.2) is 40.8 Å². The smallest absolute Gasteiger partial charge is 0.353 e. The van der Waals surface area contributed by atoms with Gasteiger partial charge in [0.25, 0.3) is 0 Å². The van der Waals surface area contributed by atoms with Crippen LogP contribution in [-0.4, -0.2) is 25.2 Å². The molecule has 0 aliphatic heterocycles. The van der Waals surface area contributed by atoms with Crippen molar-refractivity contribution in [3.63, 3.8) is 0 Å². The molecule has 0 radical (unpaired) electrons. The largest absolute Gasteiger partial charge is 0.493 e. The number of carbonyl (C=O) groups is 2. The Bertz CT molecular complexity index is 995. The highest BCUT2D eigenvalue weighted by atomic mass is 32.1. The summed E-state index contributed by atoms with van der Waals surface area (Å²) in [6, 6.07) is 8.69. The number of esters is 1. The molecule has 1 heterocycles. The molecular formula is C25H28N2O4S. The van der Waals surface area contributed by atoms with E-state index in [4.69, 9.17) is 9.47 Å². The summed E-state index contributed by atoms with van der Waals surface area (Å²) in [5.41, 5.74) is 3.66. The van der Waals surface area contributed by atoms with Gasteiger partial charge in [-0.25, -0.2) is 10.2 Å². The lowest BCUT2D eigenvalue weighted by molar-refractivity contribution is -0.129. The molecule has 168 valence electrons. The Morgan fingerprint density at radius 2 is 1.84 bits per heavy atom. The predicted molar refractivity (Wildman–Crippen MR) is 123 cm³/mol. The van der Waals surface area contributed by atoms with Gasteiger partial charge in [0.2, 0.25) is 5.91 Å². The van der Waals surface area contributed by atoms with Crippen LogP contribution in [0.3, 0.4) is 0 Å². The lowest BCUT2D eigenvalue weighted by atomic mass is 9.49. The SMILES string of the molecule is COc1cc(C=NNC(=O)CC23CC4CC(CC(C4)C2)C3)ccc1OC(=O)c1cccs1. The number of hydrogen-bond acceptors (Lipinski definition) is 6. The first-order chi connectivity index (χ1) is 15.5. The Labute approximate surface area is 192 Å². The van der Waals surface area contributed by atoms with Crippen LogP contribution in [-0.2, 0) is 4.79 Å². The number of hydrogen-bond donors (Lipinski definition) is 1. The van der Waals surface area contributed by atoms with E-state index in [1.807, 2.05) is 5.38 Å². The fraction of sp³-hybridized carbons (Fsp3) is 0.480. The van der Waals surface area contributed by atoms with Crippen LogP contribution in [0, 0.1) is 23.2 Å². The van der Waals surface area contributed by atoms with E-state index in [0.29, 0.717) is 22.8 Å². The molecule has 32 heavy (non-hydrogen) atoms. The first kappa shape index (κ1) is 21.2.